The molecule has 2 atom stereocenters. The van der Waals surface area contributed by atoms with E-state index in [1.807, 2.05) is 41.3 Å². The summed E-state index contributed by atoms with van der Waals surface area (Å²) in [6.07, 6.45) is 3.76. The molecule has 2 saturated heterocycles. The Labute approximate surface area is 188 Å². The van der Waals surface area contributed by atoms with Crippen LogP contribution in [0.25, 0.3) is 6.08 Å². The highest BCUT2D eigenvalue weighted by Crippen LogP contribution is 2.27. The van der Waals surface area contributed by atoms with E-state index in [0.29, 0.717) is 31.9 Å². The highest BCUT2D eigenvalue weighted by molar-refractivity contribution is 7.89. The summed E-state index contributed by atoms with van der Waals surface area (Å²) in [5, 5.41) is 0.889. The second-order valence-corrected chi connectivity index (χ2v) is 10.0. The SMILES string of the molecule is COc1ccc(/C=C/C2C(S(=O)(=O)N3CCN(c4ccccc4F)CC3)CON2C)cc1. The Morgan fingerprint density at radius 3 is 2.41 bits per heavy atom. The number of methoxy groups -OCH3 is 1. The molecule has 2 unspecified atom stereocenters. The molecule has 0 aromatic heterocycles. The Balaban J connectivity index is 1.45. The molecule has 0 bridgehead atoms. The Morgan fingerprint density at radius 2 is 1.75 bits per heavy atom. The van der Waals surface area contributed by atoms with Crippen LogP contribution in [0.15, 0.2) is 54.6 Å². The fourth-order valence-corrected chi connectivity index (χ4v) is 6.03. The number of ether oxygens (including phenoxy) is 1. The summed E-state index contributed by atoms with van der Waals surface area (Å²) in [4.78, 5) is 7.47. The zero-order valence-electron chi connectivity index (χ0n) is 18.2. The van der Waals surface area contributed by atoms with Gasteiger partial charge < -0.3 is 9.64 Å². The molecule has 0 spiro atoms. The number of sulfonamides is 1. The molecule has 2 aromatic rings. The van der Waals surface area contributed by atoms with E-state index in [-0.39, 0.29) is 12.4 Å². The third-order valence-corrected chi connectivity index (χ3v) is 8.28. The van der Waals surface area contributed by atoms with E-state index >= 15 is 0 Å². The first kappa shape index (κ1) is 22.7. The van der Waals surface area contributed by atoms with Crippen molar-refractivity contribution in [2.24, 2.45) is 0 Å². The first-order chi connectivity index (χ1) is 15.4. The summed E-state index contributed by atoms with van der Waals surface area (Å²) in [5.74, 6) is 0.469. The van der Waals surface area contributed by atoms with Crippen LogP contribution in [-0.2, 0) is 14.9 Å². The van der Waals surface area contributed by atoms with Crippen LogP contribution in [0.1, 0.15) is 5.56 Å². The number of hydroxylamine groups is 2. The van der Waals surface area contributed by atoms with Crippen molar-refractivity contribution in [1.82, 2.24) is 9.37 Å². The van der Waals surface area contributed by atoms with Crippen LogP contribution in [0.3, 0.4) is 0 Å². The molecule has 0 aliphatic carbocycles. The Hall–Kier alpha value is -2.46. The zero-order valence-corrected chi connectivity index (χ0v) is 19.0. The predicted molar refractivity (Wildman–Crippen MR) is 122 cm³/mol. The molecule has 172 valence electrons. The van der Waals surface area contributed by atoms with E-state index < -0.39 is 21.3 Å². The number of nitrogens with zero attached hydrogens (tertiary/aromatic N) is 3. The van der Waals surface area contributed by atoms with E-state index in [1.165, 1.54) is 10.4 Å². The van der Waals surface area contributed by atoms with E-state index in [4.69, 9.17) is 9.57 Å². The smallest absolute Gasteiger partial charge is 0.221 e. The summed E-state index contributed by atoms with van der Waals surface area (Å²) in [6.45, 7) is 1.60. The van der Waals surface area contributed by atoms with Crippen molar-refractivity contribution in [3.8, 4) is 5.75 Å². The molecule has 2 aliphatic rings. The van der Waals surface area contributed by atoms with Crippen LogP contribution < -0.4 is 9.64 Å². The summed E-state index contributed by atoms with van der Waals surface area (Å²) in [5.41, 5.74) is 1.45. The van der Waals surface area contributed by atoms with Crippen LogP contribution in [0, 0.1) is 5.82 Å². The van der Waals surface area contributed by atoms with E-state index in [2.05, 4.69) is 0 Å². The molecule has 2 fully saturated rings. The zero-order chi connectivity index (χ0) is 22.7. The average Bonchev–Trinajstić information content (AvgIpc) is 3.19. The molecular weight excluding hydrogens is 433 g/mol. The van der Waals surface area contributed by atoms with E-state index in [9.17, 15) is 12.8 Å². The molecule has 0 N–H and O–H groups in total. The maximum absolute atomic E-state index is 14.1. The molecule has 9 heteroatoms. The molecule has 2 aliphatic heterocycles. The topological polar surface area (TPSA) is 62.3 Å². The van der Waals surface area contributed by atoms with Gasteiger partial charge in [-0.3, -0.25) is 4.84 Å². The number of hydrogen-bond donors (Lipinski definition) is 0. The normalized spacial score (nSPS) is 23.2. The van der Waals surface area contributed by atoms with Gasteiger partial charge in [0.25, 0.3) is 0 Å². The van der Waals surface area contributed by atoms with Gasteiger partial charge in [0.15, 0.2) is 0 Å². The number of piperazine rings is 1. The van der Waals surface area contributed by atoms with Crippen molar-refractivity contribution >= 4 is 21.8 Å². The van der Waals surface area contributed by atoms with Crippen molar-refractivity contribution < 1.29 is 22.4 Å². The number of para-hydroxylation sites is 1. The lowest BCUT2D eigenvalue weighted by Gasteiger charge is -2.37. The minimum Gasteiger partial charge on any atom is -0.497 e. The van der Waals surface area contributed by atoms with Gasteiger partial charge in [0.2, 0.25) is 10.0 Å². The number of likely N-dealkylation sites (N-methyl/N-ethyl adjacent to an activating group) is 1. The molecule has 0 amide bonds. The molecule has 32 heavy (non-hydrogen) atoms. The van der Waals surface area contributed by atoms with Gasteiger partial charge in [-0.25, -0.2) is 12.8 Å². The highest BCUT2D eigenvalue weighted by Gasteiger charge is 2.44. The first-order valence-electron chi connectivity index (χ1n) is 10.6. The van der Waals surface area contributed by atoms with Crippen LogP contribution in [0.4, 0.5) is 10.1 Å². The van der Waals surface area contributed by atoms with Gasteiger partial charge in [-0.05, 0) is 29.8 Å². The van der Waals surface area contributed by atoms with Gasteiger partial charge in [-0.15, -0.1) is 0 Å². The van der Waals surface area contributed by atoms with E-state index in [0.717, 1.165) is 11.3 Å². The Morgan fingerprint density at radius 1 is 1.06 bits per heavy atom. The van der Waals surface area contributed by atoms with Gasteiger partial charge in [0, 0.05) is 33.2 Å². The van der Waals surface area contributed by atoms with Gasteiger partial charge in [-0.1, -0.05) is 36.4 Å². The molecule has 2 aromatic carbocycles. The quantitative estimate of drug-likeness (QED) is 0.659. The average molecular weight is 462 g/mol. The van der Waals surface area contributed by atoms with Crippen molar-refractivity contribution in [2.45, 2.75) is 11.3 Å². The third kappa shape index (κ3) is 4.66. The number of anilines is 1. The molecule has 7 nitrogen and oxygen atoms in total. The largest absolute Gasteiger partial charge is 0.497 e. The minimum atomic E-state index is -3.60. The third-order valence-electron chi connectivity index (χ3n) is 6.02. The van der Waals surface area contributed by atoms with Crippen LogP contribution >= 0.6 is 0 Å². The van der Waals surface area contributed by atoms with Crippen molar-refractivity contribution in [1.29, 1.82) is 0 Å². The van der Waals surface area contributed by atoms with Gasteiger partial charge >= 0.3 is 0 Å². The lowest BCUT2D eigenvalue weighted by Crippen LogP contribution is -2.53. The molecule has 4 rings (SSSR count). The second kappa shape index (κ2) is 9.58. The number of rotatable bonds is 6. The number of hydrogen-bond acceptors (Lipinski definition) is 6. The second-order valence-electron chi connectivity index (χ2n) is 7.89. The number of halogens is 1. The fourth-order valence-electron chi connectivity index (χ4n) is 4.13. The summed E-state index contributed by atoms with van der Waals surface area (Å²) in [7, 11) is -0.243. The standard InChI is InChI=1S/C23H28FN3O4S/c1-25-22(12-9-18-7-10-19(30-2)11-8-18)23(17-31-25)32(28,29)27-15-13-26(14-16-27)21-6-4-3-5-20(21)24/h3-12,22-23H,13-17H2,1-2H3/b12-9+. The van der Waals surface area contributed by atoms with E-state index in [1.54, 1.807) is 37.4 Å². The summed E-state index contributed by atoms with van der Waals surface area (Å²) >= 11 is 0. The lowest BCUT2D eigenvalue weighted by atomic mass is 10.1. The Bertz CT molecular complexity index is 1050. The maximum atomic E-state index is 14.1. The highest BCUT2D eigenvalue weighted by atomic mass is 32.2. The van der Waals surface area contributed by atoms with Crippen LogP contribution in [0.5, 0.6) is 5.75 Å². The predicted octanol–water partition coefficient (Wildman–Crippen LogP) is 2.61. The molecule has 2 heterocycles. The molecular formula is C23H28FN3O4S. The summed E-state index contributed by atoms with van der Waals surface area (Å²) < 4.78 is 47.6. The van der Waals surface area contributed by atoms with Crippen LogP contribution in [0.2, 0.25) is 0 Å². The monoisotopic (exact) mass is 461 g/mol. The Kier molecular flexibility index (Phi) is 6.80. The number of benzene rings is 2. The fraction of sp³-hybridized carbons (Fsp3) is 0.391. The van der Waals surface area contributed by atoms with Crippen molar-refractivity contribution in [3.63, 3.8) is 0 Å². The van der Waals surface area contributed by atoms with Crippen LogP contribution in [-0.4, -0.2) is 76.0 Å². The van der Waals surface area contributed by atoms with Gasteiger partial charge in [-0.2, -0.15) is 9.37 Å². The lowest BCUT2D eigenvalue weighted by molar-refractivity contribution is -0.100. The molecule has 0 radical (unpaired) electrons. The van der Waals surface area contributed by atoms with Crippen molar-refractivity contribution in [2.75, 3.05) is 51.8 Å². The first-order valence-corrected chi connectivity index (χ1v) is 12.1. The minimum absolute atomic E-state index is 0.101. The van der Waals surface area contributed by atoms with Crippen molar-refractivity contribution in [3.05, 3.63) is 66.0 Å². The maximum Gasteiger partial charge on any atom is 0.221 e. The van der Waals surface area contributed by atoms with Gasteiger partial charge in [0.05, 0.1) is 25.4 Å². The van der Waals surface area contributed by atoms with Gasteiger partial charge in [0.1, 0.15) is 16.8 Å². The summed E-state index contributed by atoms with van der Waals surface area (Å²) in [6, 6.07) is 13.7. The molecule has 0 saturated carbocycles.